The van der Waals surface area contributed by atoms with E-state index < -0.39 is 5.82 Å². The molecule has 0 aliphatic carbocycles. The first-order valence-corrected chi connectivity index (χ1v) is 5.22. The summed E-state index contributed by atoms with van der Waals surface area (Å²) in [6.45, 7) is 3.78. The molecular formula is C12H16FNO2. The topological polar surface area (TPSA) is 38.3 Å². The molecule has 0 aliphatic rings. The molecule has 1 atom stereocenters. The zero-order chi connectivity index (χ0) is 12.1. The van der Waals surface area contributed by atoms with Crippen molar-refractivity contribution < 1.29 is 13.9 Å². The lowest BCUT2D eigenvalue weighted by molar-refractivity contribution is -0.119. The fraction of sp³-hybridized carbons (Fsp3) is 0.417. The Morgan fingerprint density at radius 3 is 2.81 bits per heavy atom. The van der Waals surface area contributed by atoms with E-state index in [9.17, 15) is 9.18 Å². The number of rotatable bonds is 4. The Balaban J connectivity index is 2.84. The van der Waals surface area contributed by atoms with E-state index in [2.05, 4.69) is 5.32 Å². The first-order valence-electron chi connectivity index (χ1n) is 5.22. The highest BCUT2D eigenvalue weighted by atomic mass is 19.1. The molecule has 0 bridgehead atoms. The fourth-order valence-corrected chi connectivity index (χ4v) is 1.21. The number of ether oxygens (including phenoxy) is 1. The SMILES string of the molecule is CCC(C)C(=O)Nc1ccc(F)cc1OC. The smallest absolute Gasteiger partial charge is 0.227 e. The van der Waals surface area contributed by atoms with E-state index in [0.29, 0.717) is 11.4 Å². The average molecular weight is 225 g/mol. The minimum atomic E-state index is -0.390. The van der Waals surface area contributed by atoms with Crippen LogP contribution < -0.4 is 10.1 Å². The molecule has 1 N–H and O–H groups in total. The number of carbonyl (C=O) groups is 1. The van der Waals surface area contributed by atoms with Gasteiger partial charge in [0.15, 0.2) is 0 Å². The van der Waals surface area contributed by atoms with Crippen LogP contribution in [-0.2, 0) is 4.79 Å². The molecule has 0 saturated heterocycles. The number of amides is 1. The van der Waals surface area contributed by atoms with Gasteiger partial charge in [0, 0.05) is 12.0 Å². The van der Waals surface area contributed by atoms with Gasteiger partial charge in [-0.05, 0) is 18.6 Å². The first kappa shape index (κ1) is 12.5. The van der Waals surface area contributed by atoms with Gasteiger partial charge in [0.1, 0.15) is 11.6 Å². The van der Waals surface area contributed by atoms with Crippen LogP contribution in [0.25, 0.3) is 0 Å². The summed E-state index contributed by atoms with van der Waals surface area (Å²) in [6, 6.07) is 4.02. The number of halogens is 1. The first-order chi connectivity index (χ1) is 7.58. The van der Waals surface area contributed by atoms with E-state index in [4.69, 9.17) is 4.74 Å². The Kier molecular flexibility index (Phi) is 4.28. The van der Waals surface area contributed by atoms with Crippen molar-refractivity contribution in [2.75, 3.05) is 12.4 Å². The highest BCUT2D eigenvalue weighted by Crippen LogP contribution is 2.25. The quantitative estimate of drug-likeness (QED) is 0.855. The van der Waals surface area contributed by atoms with Crippen molar-refractivity contribution in [3.8, 4) is 5.75 Å². The summed E-state index contributed by atoms with van der Waals surface area (Å²) in [5.74, 6) is -0.225. The number of anilines is 1. The van der Waals surface area contributed by atoms with Gasteiger partial charge in [0.05, 0.1) is 12.8 Å². The van der Waals surface area contributed by atoms with Crippen LogP contribution in [0.1, 0.15) is 20.3 Å². The summed E-state index contributed by atoms with van der Waals surface area (Å²) in [5, 5.41) is 2.71. The molecule has 0 spiro atoms. The van der Waals surface area contributed by atoms with Gasteiger partial charge in [-0.2, -0.15) is 0 Å². The summed E-state index contributed by atoms with van der Waals surface area (Å²) >= 11 is 0. The van der Waals surface area contributed by atoms with Crippen LogP contribution in [0.2, 0.25) is 0 Å². The molecule has 1 unspecified atom stereocenters. The number of methoxy groups -OCH3 is 1. The van der Waals surface area contributed by atoms with Crippen LogP contribution in [0.5, 0.6) is 5.75 Å². The minimum Gasteiger partial charge on any atom is -0.494 e. The standard InChI is InChI=1S/C12H16FNO2/c1-4-8(2)12(15)14-10-6-5-9(13)7-11(10)16-3/h5-8H,4H2,1-3H3,(H,14,15). The fourth-order valence-electron chi connectivity index (χ4n) is 1.21. The molecule has 0 aliphatic heterocycles. The molecule has 88 valence electrons. The molecule has 0 fully saturated rings. The highest BCUT2D eigenvalue weighted by Gasteiger charge is 2.13. The Labute approximate surface area is 94.6 Å². The van der Waals surface area contributed by atoms with Crippen LogP contribution in [-0.4, -0.2) is 13.0 Å². The number of carbonyl (C=O) groups excluding carboxylic acids is 1. The van der Waals surface area contributed by atoms with Gasteiger partial charge >= 0.3 is 0 Å². The van der Waals surface area contributed by atoms with E-state index in [1.54, 1.807) is 0 Å². The minimum absolute atomic E-state index is 0.0743. The van der Waals surface area contributed by atoms with Crippen molar-refractivity contribution >= 4 is 11.6 Å². The third-order valence-electron chi connectivity index (χ3n) is 2.48. The summed E-state index contributed by atoms with van der Waals surface area (Å²) in [6.07, 6.45) is 0.759. The van der Waals surface area contributed by atoms with Crippen molar-refractivity contribution in [1.82, 2.24) is 0 Å². The van der Waals surface area contributed by atoms with Crippen LogP contribution in [0.15, 0.2) is 18.2 Å². The molecule has 0 saturated carbocycles. The predicted octanol–water partition coefficient (Wildman–Crippen LogP) is 2.82. The lowest BCUT2D eigenvalue weighted by atomic mass is 10.1. The summed E-state index contributed by atoms with van der Waals surface area (Å²) in [7, 11) is 1.44. The molecule has 0 heterocycles. The number of hydrogen-bond acceptors (Lipinski definition) is 2. The molecule has 1 amide bonds. The summed E-state index contributed by atoms with van der Waals surface area (Å²) < 4.78 is 17.9. The number of nitrogens with one attached hydrogen (secondary N) is 1. The molecule has 1 rings (SSSR count). The molecule has 0 radical (unpaired) electrons. The van der Waals surface area contributed by atoms with Crippen molar-refractivity contribution in [2.24, 2.45) is 5.92 Å². The molecule has 16 heavy (non-hydrogen) atoms. The zero-order valence-corrected chi connectivity index (χ0v) is 9.71. The van der Waals surface area contributed by atoms with Gasteiger partial charge < -0.3 is 10.1 Å². The lowest BCUT2D eigenvalue weighted by Crippen LogP contribution is -2.20. The van der Waals surface area contributed by atoms with Crippen LogP contribution in [0, 0.1) is 11.7 Å². The van der Waals surface area contributed by atoms with Crippen LogP contribution in [0.4, 0.5) is 10.1 Å². The lowest BCUT2D eigenvalue weighted by Gasteiger charge is -2.12. The summed E-state index contributed by atoms with van der Waals surface area (Å²) in [5.41, 5.74) is 0.495. The molecule has 1 aromatic carbocycles. The van der Waals surface area contributed by atoms with Gasteiger partial charge in [-0.25, -0.2) is 4.39 Å². The van der Waals surface area contributed by atoms with Crippen molar-refractivity contribution in [3.63, 3.8) is 0 Å². The maximum absolute atomic E-state index is 12.9. The van der Waals surface area contributed by atoms with Gasteiger partial charge in [0.25, 0.3) is 0 Å². The third kappa shape index (κ3) is 2.95. The van der Waals surface area contributed by atoms with E-state index >= 15 is 0 Å². The van der Waals surface area contributed by atoms with Crippen molar-refractivity contribution in [1.29, 1.82) is 0 Å². The maximum Gasteiger partial charge on any atom is 0.227 e. The van der Waals surface area contributed by atoms with Gasteiger partial charge in [-0.1, -0.05) is 13.8 Å². The Bertz CT molecular complexity index is 379. The largest absolute Gasteiger partial charge is 0.494 e. The number of benzene rings is 1. The second kappa shape index (κ2) is 5.49. The molecule has 1 aromatic rings. The Morgan fingerprint density at radius 2 is 2.25 bits per heavy atom. The van der Waals surface area contributed by atoms with Crippen molar-refractivity contribution in [2.45, 2.75) is 20.3 Å². The van der Waals surface area contributed by atoms with Gasteiger partial charge in [-0.3, -0.25) is 4.79 Å². The van der Waals surface area contributed by atoms with E-state index in [-0.39, 0.29) is 11.8 Å². The summed E-state index contributed by atoms with van der Waals surface area (Å²) in [4.78, 5) is 11.6. The highest BCUT2D eigenvalue weighted by molar-refractivity contribution is 5.93. The Hall–Kier alpha value is -1.58. The van der Waals surface area contributed by atoms with Crippen molar-refractivity contribution in [3.05, 3.63) is 24.0 Å². The molecule has 3 nitrogen and oxygen atoms in total. The van der Waals surface area contributed by atoms with E-state index in [0.717, 1.165) is 6.42 Å². The van der Waals surface area contributed by atoms with E-state index in [1.807, 2.05) is 13.8 Å². The Morgan fingerprint density at radius 1 is 1.56 bits per heavy atom. The third-order valence-corrected chi connectivity index (χ3v) is 2.48. The normalized spacial score (nSPS) is 12.0. The van der Waals surface area contributed by atoms with E-state index in [1.165, 1.54) is 25.3 Å². The maximum atomic E-state index is 12.9. The average Bonchev–Trinajstić information content (AvgIpc) is 2.30. The second-order valence-corrected chi connectivity index (χ2v) is 3.64. The predicted molar refractivity (Wildman–Crippen MR) is 61.0 cm³/mol. The van der Waals surface area contributed by atoms with Gasteiger partial charge in [-0.15, -0.1) is 0 Å². The monoisotopic (exact) mass is 225 g/mol. The molecule has 0 aromatic heterocycles. The number of hydrogen-bond donors (Lipinski definition) is 1. The van der Waals surface area contributed by atoms with Gasteiger partial charge in [0.2, 0.25) is 5.91 Å². The zero-order valence-electron chi connectivity index (χ0n) is 9.71. The molecule has 4 heteroatoms. The second-order valence-electron chi connectivity index (χ2n) is 3.64. The van der Waals surface area contributed by atoms with Crippen LogP contribution in [0.3, 0.4) is 0 Å². The van der Waals surface area contributed by atoms with Crippen LogP contribution >= 0.6 is 0 Å². The molecular weight excluding hydrogens is 209 g/mol.